The molecule has 0 saturated heterocycles. The average molecular weight is 631 g/mol. The van der Waals surface area contributed by atoms with Crippen LogP contribution in [-0.2, 0) is 24.5 Å². The summed E-state index contributed by atoms with van der Waals surface area (Å²) in [6.07, 6.45) is 10.3. The van der Waals surface area contributed by atoms with E-state index in [9.17, 15) is 0 Å². The topological polar surface area (TPSA) is 0 Å². The fourth-order valence-electron chi connectivity index (χ4n) is 5.79. The summed E-state index contributed by atoms with van der Waals surface area (Å²) in [5, 5.41) is 1.37. The van der Waals surface area contributed by atoms with Gasteiger partial charge in [-0.25, -0.2) is 0 Å². The summed E-state index contributed by atoms with van der Waals surface area (Å²) in [4.78, 5) is 0. The zero-order valence-corrected chi connectivity index (χ0v) is 25.5. The van der Waals surface area contributed by atoms with Crippen molar-refractivity contribution in [2.45, 2.75) is 46.5 Å². The van der Waals surface area contributed by atoms with Crippen LogP contribution in [0.4, 0.5) is 0 Å². The minimum atomic E-state index is -2.95. The molecule has 0 aromatic heterocycles. The van der Waals surface area contributed by atoms with Gasteiger partial charge in [-0.15, -0.1) is 0 Å². The zero-order chi connectivity index (χ0) is 22.5. The van der Waals surface area contributed by atoms with Gasteiger partial charge in [-0.1, -0.05) is 0 Å². The predicted molar refractivity (Wildman–Crippen MR) is 136 cm³/mol. The molecule has 0 nitrogen and oxygen atoms in total. The monoisotopic (exact) mass is 631 g/mol. The van der Waals surface area contributed by atoms with Crippen molar-refractivity contribution < 1.29 is 19.1 Å². The third-order valence-corrected chi connectivity index (χ3v) is 14.7. The second-order valence-electron chi connectivity index (χ2n) is 8.71. The Hall–Kier alpha value is -0.803. The minimum absolute atomic E-state index is 0.344. The predicted octanol–water partition coefficient (Wildman–Crippen LogP) is 7.06. The van der Waals surface area contributed by atoms with Gasteiger partial charge in [0.05, 0.1) is 0 Å². The maximum atomic E-state index is 6.92. The summed E-state index contributed by atoms with van der Waals surface area (Å²) in [5.74, 6) is 0.359. The molecule has 0 aliphatic heterocycles. The number of benzene rings is 1. The van der Waals surface area contributed by atoms with Gasteiger partial charge in [0.15, 0.2) is 0 Å². The molecule has 0 saturated carbocycles. The normalized spacial score (nSPS) is 25.8. The van der Waals surface area contributed by atoms with Crippen molar-refractivity contribution >= 4 is 32.2 Å². The number of halogens is 2. The van der Waals surface area contributed by atoms with E-state index in [4.69, 9.17) is 17.2 Å². The molecule has 0 spiro atoms. The van der Waals surface area contributed by atoms with Crippen molar-refractivity contribution in [1.29, 1.82) is 0 Å². The van der Waals surface area contributed by atoms with Crippen molar-refractivity contribution in [1.82, 2.24) is 0 Å². The number of hydrogen-bond donors (Lipinski definition) is 0. The molecule has 0 N–H and O–H groups in total. The van der Waals surface area contributed by atoms with E-state index >= 15 is 0 Å². The molecule has 3 aliphatic carbocycles. The molecular weight excluding hydrogens is 602 g/mol. The molecule has 3 aliphatic rings. The molecule has 4 rings (SSSR count). The molecule has 0 bridgehead atoms. The van der Waals surface area contributed by atoms with E-state index in [0.29, 0.717) is 5.92 Å². The van der Waals surface area contributed by atoms with Gasteiger partial charge in [-0.2, -0.15) is 0 Å². The maximum absolute atomic E-state index is 6.92. The van der Waals surface area contributed by atoms with Gasteiger partial charge in [0, 0.05) is 0 Å². The number of allylic oxidation sites excluding steroid dienone is 12. The summed E-state index contributed by atoms with van der Waals surface area (Å²) in [5.41, 5.74) is 10.7. The molecule has 159 valence electrons. The Bertz CT molecular complexity index is 1140. The molecular formula is C27H29Cl2HfSi. The Morgan fingerprint density at radius 3 is 2.29 bits per heavy atom. The van der Waals surface area contributed by atoms with Crippen LogP contribution >= 0.6 is 17.2 Å². The molecule has 1 aromatic rings. The van der Waals surface area contributed by atoms with Crippen molar-refractivity contribution in [3.8, 4) is 0 Å². The summed E-state index contributed by atoms with van der Waals surface area (Å²) in [7, 11) is 15.9. The van der Waals surface area contributed by atoms with Gasteiger partial charge < -0.3 is 0 Å². The quantitative estimate of drug-likeness (QED) is 0.313. The Kier molecular flexibility index (Phi) is 6.67. The first-order chi connectivity index (χ1) is 14.8. The van der Waals surface area contributed by atoms with Gasteiger partial charge in [0.2, 0.25) is 0 Å². The van der Waals surface area contributed by atoms with Crippen LogP contribution in [0.3, 0.4) is 0 Å². The van der Waals surface area contributed by atoms with Crippen molar-refractivity contribution in [2.24, 2.45) is 5.92 Å². The van der Waals surface area contributed by atoms with Gasteiger partial charge in [-0.05, 0) is 0 Å². The Labute approximate surface area is 204 Å². The average Bonchev–Trinajstić information content (AvgIpc) is 3.11. The van der Waals surface area contributed by atoms with Crippen molar-refractivity contribution in [3.05, 3.63) is 103 Å². The van der Waals surface area contributed by atoms with Crippen LogP contribution in [0, 0.1) is 5.92 Å². The van der Waals surface area contributed by atoms with Gasteiger partial charge >= 0.3 is 206 Å². The van der Waals surface area contributed by atoms with E-state index in [0.717, 1.165) is 6.42 Å². The second kappa shape index (κ2) is 8.86. The molecule has 0 fully saturated rings. The van der Waals surface area contributed by atoms with E-state index in [-0.39, 0.29) is 5.41 Å². The van der Waals surface area contributed by atoms with Crippen LogP contribution in [0.25, 0.3) is 0 Å². The van der Waals surface area contributed by atoms with Crippen LogP contribution in [-0.4, -0.2) is 15.0 Å². The zero-order valence-electron chi connectivity index (χ0n) is 18.9. The number of hydrogen-bond acceptors (Lipinski definition) is 0. The first-order valence-electron chi connectivity index (χ1n) is 10.9. The molecule has 1 aromatic carbocycles. The molecule has 0 radical (unpaired) electrons. The Balaban J connectivity index is 2.20. The third-order valence-electron chi connectivity index (χ3n) is 7.25. The molecule has 0 amide bonds. The standard InChI is InChI=1S/C27H29Si.2ClH.Hf/c1-6-21-15-18(3)26(20(21)5)27(22-11-8-7-9-12-22)24-16-17(2)19(4)23(24)13-10-14-25(27)28;;;/h7-15,18H,6,28H2,1-5H3;2*1H;/q;;;+2/p-2. The summed E-state index contributed by atoms with van der Waals surface area (Å²) in [6.45, 7) is 11.4. The first kappa shape index (κ1) is 23.4. The fraction of sp³-hybridized carbons (Fsp3) is 0.296. The van der Waals surface area contributed by atoms with E-state index < -0.39 is 19.1 Å². The molecule has 2 unspecified atom stereocenters. The van der Waals surface area contributed by atoms with Gasteiger partial charge in [0.1, 0.15) is 0 Å². The van der Waals surface area contributed by atoms with Gasteiger partial charge in [-0.3, -0.25) is 0 Å². The summed E-state index contributed by atoms with van der Waals surface area (Å²) < 4.78 is 1.28. The number of rotatable bonds is 4. The van der Waals surface area contributed by atoms with Gasteiger partial charge in [0.25, 0.3) is 0 Å². The SMILES string of the molecule is CCC1=CC(C)C(C2(c3ccccc3)C(=[SiH2])C=CC=C3C(C)=C(C)[C]([Hf]([Cl])[Cl])=C32)=C1C. The second-order valence-corrected chi connectivity index (χ2v) is 20.9. The Morgan fingerprint density at radius 1 is 1.03 bits per heavy atom. The van der Waals surface area contributed by atoms with Crippen LogP contribution in [0.5, 0.6) is 0 Å². The van der Waals surface area contributed by atoms with Crippen molar-refractivity contribution in [3.63, 3.8) is 0 Å². The van der Waals surface area contributed by atoms with E-state index in [1.165, 1.54) is 53.1 Å². The number of fused-ring (bicyclic) bond motifs is 1. The molecule has 31 heavy (non-hydrogen) atoms. The van der Waals surface area contributed by atoms with Crippen LogP contribution in [0.15, 0.2) is 97.0 Å². The third kappa shape index (κ3) is 3.44. The molecule has 2 atom stereocenters. The van der Waals surface area contributed by atoms with Crippen LogP contribution in [0.1, 0.15) is 46.6 Å². The summed E-state index contributed by atoms with van der Waals surface area (Å²) >= 11 is -2.95. The van der Waals surface area contributed by atoms with E-state index in [1.807, 2.05) is 9.85 Å². The van der Waals surface area contributed by atoms with E-state index in [1.54, 1.807) is 0 Å². The molecule has 4 heteroatoms. The molecule has 0 heterocycles. The van der Waals surface area contributed by atoms with Crippen LogP contribution in [0.2, 0.25) is 0 Å². The van der Waals surface area contributed by atoms with Crippen LogP contribution < -0.4 is 0 Å². The van der Waals surface area contributed by atoms with E-state index in [2.05, 4.69) is 89.3 Å². The van der Waals surface area contributed by atoms with Crippen molar-refractivity contribution in [2.75, 3.05) is 0 Å². The first-order valence-corrected chi connectivity index (χ1v) is 22.3. The Morgan fingerprint density at radius 2 is 1.71 bits per heavy atom. The summed E-state index contributed by atoms with van der Waals surface area (Å²) in [6, 6.07) is 11.0. The fourth-order valence-corrected chi connectivity index (χ4v) is 13.9.